The fraction of sp³-hybridized carbons (Fsp3) is 0.0435. The molecule has 0 bridgehead atoms. The average molecular weight is 435 g/mol. The molecule has 0 radical (unpaired) electrons. The van der Waals surface area contributed by atoms with Gasteiger partial charge in [-0.1, -0.05) is 6.07 Å². The lowest BCUT2D eigenvalue weighted by Gasteiger charge is -2.08. The second-order valence-electron chi connectivity index (χ2n) is 7.21. The number of rotatable bonds is 4. The molecule has 2 aromatic carbocycles. The molecule has 32 heavy (non-hydrogen) atoms. The smallest absolute Gasteiger partial charge is 0.359 e. The van der Waals surface area contributed by atoms with E-state index < -0.39 is 11.7 Å². The normalized spacial score (nSPS) is 11.7. The molecule has 0 unspecified atom stereocenters. The molecule has 0 aliphatic carbocycles. The number of carbonyl (C=O) groups is 1. The average Bonchev–Trinajstić information content (AvgIpc) is 3.54. The predicted molar refractivity (Wildman–Crippen MR) is 115 cm³/mol. The van der Waals surface area contributed by atoms with E-state index in [0.717, 1.165) is 34.2 Å². The van der Waals surface area contributed by atoms with Gasteiger partial charge in [0.2, 0.25) is 0 Å². The van der Waals surface area contributed by atoms with Crippen LogP contribution in [0.3, 0.4) is 0 Å². The minimum atomic E-state index is -4.36. The molecule has 0 spiro atoms. The quantitative estimate of drug-likeness (QED) is 0.343. The van der Waals surface area contributed by atoms with Crippen molar-refractivity contribution in [3.05, 3.63) is 90.9 Å². The van der Waals surface area contributed by atoms with Crippen molar-refractivity contribution in [2.45, 2.75) is 6.18 Å². The number of imidazole rings is 1. The first-order valence-corrected chi connectivity index (χ1v) is 9.66. The van der Waals surface area contributed by atoms with Crippen molar-refractivity contribution in [2.24, 2.45) is 0 Å². The fourth-order valence-corrected chi connectivity index (χ4v) is 3.52. The van der Waals surface area contributed by atoms with Gasteiger partial charge in [-0.2, -0.15) is 13.2 Å². The zero-order chi connectivity index (χ0) is 22.3. The number of benzene rings is 2. The first-order valence-electron chi connectivity index (χ1n) is 9.66. The molecular formula is C23H16F3N5O. The number of alkyl halides is 3. The Labute approximate surface area is 179 Å². The van der Waals surface area contributed by atoms with Crippen LogP contribution in [0.2, 0.25) is 0 Å². The van der Waals surface area contributed by atoms with Gasteiger partial charge < -0.3 is 19.9 Å². The summed E-state index contributed by atoms with van der Waals surface area (Å²) in [4.78, 5) is 22.2. The minimum Gasteiger partial charge on any atom is -0.359 e. The van der Waals surface area contributed by atoms with Crippen LogP contribution in [-0.2, 0) is 6.18 Å². The molecule has 3 heterocycles. The molecule has 6 nitrogen and oxygen atoms in total. The number of hydrogen-bond donors (Lipinski definition) is 3. The molecular weight excluding hydrogens is 419 g/mol. The van der Waals surface area contributed by atoms with Crippen molar-refractivity contribution in [3.8, 4) is 16.8 Å². The molecule has 5 aromatic rings. The maximum atomic E-state index is 12.8. The zero-order valence-corrected chi connectivity index (χ0v) is 16.4. The van der Waals surface area contributed by atoms with Crippen LogP contribution >= 0.6 is 0 Å². The molecule has 9 heteroatoms. The summed E-state index contributed by atoms with van der Waals surface area (Å²) in [5, 5.41) is 3.66. The monoisotopic (exact) mass is 435 g/mol. The number of nitrogens with one attached hydrogen (secondary N) is 3. The van der Waals surface area contributed by atoms with Gasteiger partial charge in [-0.15, -0.1) is 0 Å². The second-order valence-corrected chi connectivity index (χ2v) is 7.21. The SMILES string of the molecule is O=C(Nc1c[nH]c2ccc(-c3ccn(-c4ccc(C(F)(F)F)cc4)c3)cc12)c1ncc[nH]1. The van der Waals surface area contributed by atoms with Gasteiger partial charge in [-0.3, -0.25) is 4.79 Å². The Morgan fingerprint density at radius 1 is 1.00 bits per heavy atom. The first-order chi connectivity index (χ1) is 15.4. The number of anilines is 1. The highest BCUT2D eigenvalue weighted by atomic mass is 19.4. The van der Waals surface area contributed by atoms with Crippen LogP contribution in [0.5, 0.6) is 0 Å². The molecule has 0 fully saturated rings. The van der Waals surface area contributed by atoms with Gasteiger partial charge in [-0.05, 0) is 53.6 Å². The summed E-state index contributed by atoms with van der Waals surface area (Å²) in [6, 6.07) is 12.7. The molecule has 0 saturated carbocycles. The van der Waals surface area contributed by atoms with E-state index in [1.807, 2.05) is 30.5 Å². The molecule has 0 saturated heterocycles. The Hall–Kier alpha value is -4.27. The standard InChI is InChI=1S/C23H16F3N5O/c24-23(25,26)16-2-4-17(5-3-16)31-10-7-15(13-31)14-1-6-19-18(11-14)20(12-29-19)30-22(32)21-27-8-9-28-21/h1-13,29H,(H,27,28)(H,30,32). The molecule has 1 amide bonds. The molecule has 0 aliphatic rings. The van der Waals surface area contributed by atoms with Crippen LogP contribution in [0, 0.1) is 0 Å². The Balaban J connectivity index is 1.43. The number of hydrogen-bond acceptors (Lipinski definition) is 2. The van der Waals surface area contributed by atoms with Crippen LogP contribution in [-0.4, -0.2) is 25.4 Å². The van der Waals surface area contributed by atoms with Crippen molar-refractivity contribution in [2.75, 3.05) is 5.32 Å². The second kappa shape index (κ2) is 7.45. The first kappa shape index (κ1) is 19.7. The van der Waals surface area contributed by atoms with E-state index in [4.69, 9.17) is 0 Å². The van der Waals surface area contributed by atoms with Gasteiger partial charge in [0, 0.05) is 47.6 Å². The minimum absolute atomic E-state index is 0.212. The van der Waals surface area contributed by atoms with Gasteiger partial charge in [-0.25, -0.2) is 4.98 Å². The number of H-pyrrole nitrogens is 2. The van der Waals surface area contributed by atoms with Crippen LogP contribution in [0.4, 0.5) is 18.9 Å². The summed E-state index contributed by atoms with van der Waals surface area (Å²) < 4.78 is 40.2. The van der Waals surface area contributed by atoms with Crippen molar-refractivity contribution in [1.82, 2.24) is 19.5 Å². The van der Waals surface area contributed by atoms with E-state index >= 15 is 0 Å². The van der Waals surface area contributed by atoms with Crippen molar-refractivity contribution in [3.63, 3.8) is 0 Å². The Bertz CT molecular complexity index is 1400. The zero-order valence-electron chi connectivity index (χ0n) is 16.4. The maximum absolute atomic E-state index is 12.8. The van der Waals surface area contributed by atoms with Crippen molar-refractivity contribution < 1.29 is 18.0 Å². The third-order valence-electron chi connectivity index (χ3n) is 5.16. The number of carbonyl (C=O) groups excluding carboxylic acids is 1. The summed E-state index contributed by atoms with van der Waals surface area (Å²) in [6.45, 7) is 0. The van der Waals surface area contributed by atoms with E-state index in [0.29, 0.717) is 11.4 Å². The lowest BCUT2D eigenvalue weighted by atomic mass is 10.1. The summed E-state index contributed by atoms with van der Waals surface area (Å²) >= 11 is 0. The maximum Gasteiger partial charge on any atom is 0.416 e. The highest BCUT2D eigenvalue weighted by Gasteiger charge is 2.30. The summed E-state index contributed by atoms with van der Waals surface area (Å²) in [7, 11) is 0. The summed E-state index contributed by atoms with van der Waals surface area (Å²) in [6.07, 6.45) is 4.06. The Morgan fingerprint density at radius 2 is 1.81 bits per heavy atom. The summed E-state index contributed by atoms with van der Waals surface area (Å²) in [5.41, 5.74) is 3.19. The number of nitrogens with zero attached hydrogens (tertiary/aromatic N) is 2. The number of halogens is 3. The van der Waals surface area contributed by atoms with E-state index in [2.05, 4.69) is 20.3 Å². The highest BCUT2D eigenvalue weighted by Crippen LogP contribution is 2.32. The molecule has 0 aliphatic heterocycles. The number of aromatic amines is 2. The van der Waals surface area contributed by atoms with Gasteiger partial charge in [0.25, 0.3) is 5.91 Å². The number of fused-ring (bicyclic) bond motifs is 1. The highest BCUT2D eigenvalue weighted by molar-refractivity contribution is 6.07. The molecule has 160 valence electrons. The van der Waals surface area contributed by atoms with E-state index in [-0.39, 0.29) is 11.7 Å². The lowest BCUT2D eigenvalue weighted by Crippen LogP contribution is -2.13. The Kier molecular flexibility index (Phi) is 4.58. The summed E-state index contributed by atoms with van der Waals surface area (Å²) in [5.74, 6) is -0.140. The van der Waals surface area contributed by atoms with Gasteiger partial charge in [0.15, 0.2) is 5.82 Å². The van der Waals surface area contributed by atoms with Crippen LogP contribution in [0.1, 0.15) is 16.2 Å². The van der Waals surface area contributed by atoms with Gasteiger partial charge in [0.1, 0.15) is 0 Å². The largest absolute Gasteiger partial charge is 0.416 e. The lowest BCUT2D eigenvalue weighted by molar-refractivity contribution is -0.137. The predicted octanol–water partition coefficient (Wildman–Crippen LogP) is 5.62. The van der Waals surface area contributed by atoms with Crippen LogP contribution < -0.4 is 5.32 Å². The third kappa shape index (κ3) is 3.64. The third-order valence-corrected chi connectivity index (χ3v) is 5.16. The molecule has 5 rings (SSSR count). The van der Waals surface area contributed by atoms with Crippen molar-refractivity contribution in [1.29, 1.82) is 0 Å². The van der Waals surface area contributed by atoms with E-state index in [1.165, 1.54) is 18.3 Å². The van der Waals surface area contributed by atoms with Crippen LogP contribution in [0.15, 0.2) is 79.5 Å². The fourth-order valence-electron chi connectivity index (χ4n) is 3.52. The number of aromatic nitrogens is 4. The molecule has 3 aromatic heterocycles. The molecule has 0 atom stereocenters. The van der Waals surface area contributed by atoms with Gasteiger partial charge in [0.05, 0.1) is 11.3 Å². The van der Waals surface area contributed by atoms with E-state index in [9.17, 15) is 18.0 Å². The van der Waals surface area contributed by atoms with Gasteiger partial charge >= 0.3 is 6.18 Å². The topological polar surface area (TPSA) is 78.5 Å². The van der Waals surface area contributed by atoms with Crippen LogP contribution in [0.25, 0.3) is 27.7 Å². The molecule has 3 N–H and O–H groups in total. The van der Waals surface area contributed by atoms with E-state index in [1.54, 1.807) is 23.2 Å². The Morgan fingerprint density at radius 3 is 2.53 bits per heavy atom. The van der Waals surface area contributed by atoms with Crippen molar-refractivity contribution >= 4 is 22.5 Å². The number of amides is 1.